The molecule has 0 radical (unpaired) electrons. The summed E-state index contributed by atoms with van der Waals surface area (Å²) < 4.78 is 2.13. The minimum absolute atomic E-state index is 0. The summed E-state index contributed by atoms with van der Waals surface area (Å²) in [5, 5.41) is 9.35. The van der Waals surface area contributed by atoms with E-state index in [9.17, 15) is 4.79 Å². The van der Waals surface area contributed by atoms with Crippen LogP contribution in [0.2, 0.25) is 0 Å². The van der Waals surface area contributed by atoms with E-state index in [1.165, 1.54) is 11.1 Å². The molecule has 7 nitrogen and oxygen atoms in total. The summed E-state index contributed by atoms with van der Waals surface area (Å²) in [5.74, 6) is 1.69. The molecule has 3 rings (SSSR count). The third-order valence-corrected chi connectivity index (χ3v) is 5.07. The lowest BCUT2D eigenvalue weighted by Crippen LogP contribution is -2.37. The topological polar surface area (TPSA) is 83.3 Å². The van der Waals surface area contributed by atoms with Gasteiger partial charge >= 0.3 is 0 Å². The summed E-state index contributed by atoms with van der Waals surface area (Å²) in [6, 6.07) is 16.2. The Hall–Kier alpha value is -2.88. The molecular formula is C24H31IN6O. The maximum absolute atomic E-state index is 11.8. The minimum Gasteiger partial charge on any atom is -0.356 e. The first-order valence-corrected chi connectivity index (χ1v) is 10.4. The molecule has 3 N–H and O–H groups in total. The molecule has 1 heterocycles. The van der Waals surface area contributed by atoms with Gasteiger partial charge in [-0.2, -0.15) is 0 Å². The van der Waals surface area contributed by atoms with Crippen molar-refractivity contribution in [1.82, 2.24) is 25.5 Å². The first-order chi connectivity index (χ1) is 15.1. The van der Waals surface area contributed by atoms with Gasteiger partial charge in [0.25, 0.3) is 5.91 Å². The molecule has 0 aliphatic heterocycles. The Morgan fingerprint density at radius 3 is 2.53 bits per heavy atom. The van der Waals surface area contributed by atoms with E-state index in [-0.39, 0.29) is 29.9 Å². The summed E-state index contributed by atoms with van der Waals surface area (Å²) in [4.78, 5) is 20.4. The zero-order valence-corrected chi connectivity index (χ0v) is 21.1. The number of hydrogen-bond acceptors (Lipinski definition) is 3. The van der Waals surface area contributed by atoms with Crippen LogP contribution in [0.5, 0.6) is 0 Å². The number of carbonyl (C=O) groups excluding carboxylic acids is 1. The van der Waals surface area contributed by atoms with Crippen LogP contribution in [0.1, 0.15) is 32.9 Å². The van der Waals surface area contributed by atoms with Crippen LogP contribution < -0.4 is 16.0 Å². The van der Waals surface area contributed by atoms with Gasteiger partial charge in [0.05, 0.1) is 0 Å². The number of rotatable bonds is 8. The van der Waals surface area contributed by atoms with Crippen molar-refractivity contribution >= 4 is 35.8 Å². The molecule has 0 spiro atoms. The summed E-state index contributed by atoms with van der Waals surface area (Å²) >= 11 is 0. The molecule has 170 valence electrons. The number of halogens is 1. The van der Waals surface area contributed by atoms with Crippen molar-refractivity contribution in [3.63, 3.8) is 0 Å². The van der Waals surface area contributed by atoms with Crippen LogP contribution in [0.4, 0.5) is 0 Å². The molecule has 0 bridgehead atoms. The highest BCUT2D eigenvalue weighted by Crippen LogP contribution is 2.09. The largest absolute Gasteiger partial charge is 0.356 e. The zero-order valence-electron chi connectivity index (χ0n) is 18.8. The lowest BCUT2D eigenvalue weighted by Gasteiger charge is -2.13. The number of hydrogen-bond donors (Lipinski definition) is 3. The fourth-order valence-corrected chi connectivity index (χ4v) is 3.35. The number of carbonyl (C=O) groups is 1. The van der Waals surface area contributed by atoms with Crippen LogP contribution in [-0.4, -0.2) is 42.1 Å². The number of aliphatic imine (C=N–C) groups is 1. The van der Waals surface area contributed by atoms with Crippen LogP contribution in [0.25, 0.3) is 0 Å². The minimum atomic E-state index is -0.0716. The molecule has 32 heavy (non-hydrogen) atoms. The third-order valence-electron chi connectivity index (χ3n) is 5.07. The maximum atomic E-state index is 11.8. The van der Waals surface area contributed by atoms with Gasteiger partial charge in [0.2, 0.25) is 0 Å². The van der Waals surface area contributed by atoms with Crippen molar-refractivity contribution in [2.45, 2.75) is 26.4 Å². The van der Waals surface area contributed by atoms with Crippen molar-refractivity contribution < 1.29 is 4.79 Å². The molecule has 3 aromatic rings. The molecule has 0 fully saturated rings. The van der Waals surface area contributed by atoms with E-state index in [1.807, 2.05) is 43.6 Å². The molecule has 0 aliphatic carbocycles. The highest BCUT2D eigenvalue weighted by molar-refractivity contribution is 14.0. The van der Waals surface area contributed by atoms with Crippen LogP contribution in [0.15, 0.2) is 65.9 Å². The van der Waals surface area contributed by atoms with Gasteiger partial charge in [-0.05, 0) is 42.2 Å². The number of aryl methyl sites for hydroxylation is 1. The van der Waals surface area contributed by atoms with Crippen molar-refractivity contribution in [3.8, 4) is 0 Å². The van der Waals surface area contributed by atoms with Crippen molar-refractivity contribution in [2.75, 3.05) is 20.6 Å². The zero-order chi connectivity index (χ0) is 22.1. The standard InChI is InChI=1S/C24H30N6O.HI/c1-18-27-12-13-30(18)17-21-8-4-7-20(14-21)16-29-24(26-3)28-11-10-19-6-5-9-22(15-19)23(31)25-2;/h4-9,12-15H,10-11,16-17H2,1-3H3,(H,25,31)(H2,26,28,29);1H. The Kier molecular flexibility index (Phi) is 10.2. The number of benzene rings is 2. The number of nitrogens with one attached hydrogen (secondary N) is 3. The number of nitrogens with zero attached hydrogens (tertiary/aromatic N) is 3. The predicted molar refractivity (Wildman–Crippen MR) is 140 cm³/mol. The van der Waals surface area contributed by atoms with Gasteiger partial charge < -0.3 is 20.5 Å². The number of guanidine groups is 1. The maximum Gasteiger partial charge on any atom is 0.251 e. The molecule has 0 atom stereocenters. The fourth-order valence-electron chi connectivity index (χ4n) is 3.35. The molecule has 0 unspecified atom stereocenters. The van der Waals surface area contributed by atoms with Gasteiger partial charge in [-0.15, -0.1) is 24.0 Å². The Morgan fingerprint density at radius 2 is 1.81 bits per heavy atom. The molecule has 0 saturated heterocycles. The normalized spacial score (nSPS) is 10.9. The van der Waals surface area contributed by atoms with Crippen molar-refractivity contribution in [3.05, 3.63) is 89.0 Å². The van der Waals surface area contributed by atoms with Crippen molar-refractivity contribution in [1.29, 1.82) is 0 Å². The third kappa shape index (κ3) is 7.37. The van der Waals surface area contributed by atoms with Crippen LogP contribution in [0, 0.1) is 6.92 Å². The lowest BCUT2D eigenvalue weighted by atomic mass is 10.1. The summed E-state index contributed by atoms with van der Waals surface area (Å²) in [6.45, 7) is 4.22. The Bertz CT molecular complexity index is 1050. The van der Waals surface area contributed by atoms with Crippen LogP contribution >= 0.6 is 24.0 Å². The highest BCUT2D eigenvalue weighted by atomic mass is 127. The van der Waals surface area contributed by atoms with E-state index in [2.05, 4.69) is 54.8 Å². The van der Waals surface area contributed by atoms with Crippen LogP contribution in [0.3, 0.4) is 0 Å². The van der Waals surface area contributed by atoms with Crippen LogP contribution in [-0.2, 0) is 19.5 Å². The van der Waals surface area contributed by atoms with E-state index in [0.717, 1.165) is 36.9 Å². The van der Waals surface area contributed by atoms with Gasteiger partial charge in [0, 0.05) is 51.7 Å². The smallest absolute Gasteiger partial charge is 0.251 e. The first kappa shape index (κ1) is 25.4. The van der Waals surface area contributed by atoms with Crippen molar-refractivity contribution in [2.24, 2.45) is 4.99 Å². The first-order valence-electron chi connectivity index (χ1n) is 10.4. The van der Waals surface area contributed by atoms with Gasteiger partial charge in [0.1, 0.15) is 5.82 Å². The number of imidazole rings is 1. The second-order valence-corrected chi connectivity index (χ2v) is 7.30. The number of amides is 1. The van der Waals surface area contributed by atoms with E-state index >= 15 is 0 Å². The Morgan fingerprint density at radius 1 is 1.06 bits per heavy atom. The quantitative estimate of drug-likeness (QED) is 0.231. The summed E-state index contributed by atoms with van der Waals surface area (Å²) in [5.41, 5.74) is 4.20. The average Bonchev–Trinajstić information content (AvgIpc) is 3.20. The van der Waals surface area contributed by atoms with E-state index in [1.54, 1.807) is 14.1 Å². The predicted octanol–water partition coefficient (Wildman–Crippen LogP) is 3.13. The lowest BCUT2D eigenvalue weighted by molar-refractivity contribution is 0.0963. The molecule has 0 saturated carbocycles. The average molecular weight is 546 g/mol. The molecule has 1 amide bonds. The Balaban J connectivity index is 0.00000363. The van der Waals surface area contributed by atoms with E-state index in [0.29, 0.717) is 12.1 Å². The molecule has 2 aromatic carbocycles. The summed E-state index contributed by atoms with van der Waals surface area (Å²) in [7, 11) is 3.40. The Labute approximate surface area is 206 Å². The van der Waals surface area contributed by atoms with Gasteiger partial charge in [-0.3, -0.25) is 9.79 Å². The number of aromatic nitrogens is 2. The molecule has 1 aromatic heterocycles. The SMILES string of the molecule is CN=C(NCCc1cccc(C(=O)NC)c1)NCc1cccc(Cn2ccnc2C)c1.I. The van der Waals surface area contributed by atoms with E-state index in [4.69, 9.17) is 0 Å². The second kappa shape index (κ2) is 12.8. The summed E-state index contributed by atoms with van der Waals surface area (Å²) in [6.07, 6.45) is 4.62. The molecular weight excluding hydrogens is 515 g/mol. The fraction of sp³-hybridized carbons (Fsp3) is 0.292. The monoisotopic (exact) mass is 546 g/mol. The molecule has 8 heteroatoms. The van der Waals surface area contributed by atoms with Gasteiger partial charge in [0.15, 0.2) is 5.96 Å². The second-order valence-electron chi connectivity index (χ2n) is 7.30. The van der Waals surface area contributed by atoms with E-state index < -0.39 is 0 Å². The highest BCUT2D eigenvalue weighted by Gasteiger charge is 2.05. The van der Waals surface area contributed by atoms with Gasteiger partial charge in [-0.25, -0.2) is 4.98 Å². The molecule has 0 aliphatic rings. The van der Waals surface area contributed by atoms with Gasteiger partial charge in [-0.1, -0.05) is 36.4 Å².